The Morgan fingerprint density at radius 3 is 2.46 bits per heavy atom. The van der Waals surface area contributed by atoms with E-state index in [1.54, 1.807) is 24.3 Å². The Morgan fingerprint density at radius 2 is 1.75 bits per heavy atom. The van der Waals surface area contributed by atoms with Gasteiger partial charge in [0.15, 0.2) is 5.84 Å². The predicted molar refractivity (Wildman–Crippen MR) is 108 cm³/mol. The van der Waals surface area contributed by atoms with E-state index in [0.717, 1.165) is 19.3 Å². The number of anilines is 1. The quantitative estimate of drug-likeness (QED) is 0.792. The van der Waals surface area contributed by atoms with Gasteiger partial charge in [0.1, 0.15) is 4.90 Å². The van der Waals surface area contributed by atoms with Gasteiger partial charge < -0.3 is 5.32 Å². The van der Waals surface area contributed by atoms with Crippen LogP contribution >= 0.6 is 11.6 Å². The van der Waals surface area contributed by atoms with Crippen LogP contribution in [0.5, 0.6) is 0 Å². The van der Waals surface area contributed by atoms with E-state index in [0.29, 0.717) is 23.7 Å². The van der Waals surface area contributed by atoms with Crippen molar-refractivity contribution in [2.75, 3.05) is 18.4 Å². The number of amidine groups is 1. The number of rotatable bonds is 3. The Labute approximate surface area is 169 Å². The monoisotopic (exact) mass is 439 g/mol. The van der Waals surface area contributed by atoms with E-state index in [4.69, 9.17) is 11.6 Å². The summed E-state index contributed by atoms with van der Waals surface area (Å²) < 4.78 is 56.4. The highest BCUT2D eigenvalue weighted by Crippen LogP contribution is 2.33. The van der Waals surface area contributed by atoms with Crippen molar-refractivity contribution in [1.29, 1.82) is 0 Å². The van der Waals surface area contributed by atoms with Gasteiger partial charge >= 0.3 is 0 Å². The topological polar surface area (TPSA) is 95.9 Å². The third kappa shape index (κ3) is 3.43. The Balaban J connectivity index is 1.75. The van der Waals surface area contributed by atoms with Crippen LogP contribution in [-0.2, 0) is 20.0 Å². The molecule has 2 aromatic rings. The minimum atomic E-state index is -4.09. The van der Waals surface area contributed by atoms with Crippen LogP contribution in [-0.4, -0.2) is 40.1 Å². The summed E-state index contributed by atoms with van der Waals surface area (Å²) in [5.41, 5.74) is 0.714. The van der Waals surface area contributed by atoms with E-state index in [-0.39, 0.29) is 21.3 Å². The summed E-state index contributed by atoms with van der Waals surface area (Å²) in [7, 11) is -7.83. The molecule has 2 aliphatic heterocycles. The van der Waals surface area contributed by atoms with Gasteiger partial charge in [-0.05, 0) is 43.2 Å². The first-order valence-electron chi connectivity index (χ1n) is 8.80. The largest absolute Gasteiger partial charge is 0.338 e. The Morgan fingerprint density at radius 1 is 1.04 bits per heavy atom. The first-order chi connectivity index (χ1) is 13.3. The molecule has 1 saturated heterocycles. The molecule has 2 aromatic carbocycles. The van der Waals surface area contributed by atoms with E-state index >= 15 is 0 Å². The van der Waals surface area contributed by atoms with Crippen LogP contribution < -0.4 is 5.32 Å². The normalized spacial score (nSPS) is 19.4. The summed E-state index contributed by atoms with van der Waals surface area (Å²) in [6, 6.07) is 10.8. The zero-order valence-electron chi connectivity index (χ0n) is 14.8. The Bertz CT molecular complexity index is 1170. The molecular weight excluding hydrogens is 422 g/mol. The number of hydrogen-bond donors (Lipinski definition) is 1. The molecule has 2 heterocycles. The van der Waals surface area contributed by atoms with Crippen LogP contribution in [0.1, 0.15) is 24.8 Å². The van der Waals surface area contributed by atoms with Crippen LogP contribution in [0.4, 0.5) is 5.69 Å². The van der Waals surface area contributed by atoms with Crippen molar-refractivity contribution in [2.24, 2.45) is 4.40 Å². The maximum absolute atomic E-state index is 12.9. The van der Waals surface area contributed by atoms with Crippen LogP contribution in [0, 0.1) is 0 Å². The van der Waals surface area contributed by atoms with Gasteiger partial charge in [-0.2, -0.15) is 12.7 Å². The van der Waals surface area contributed by atoms with Gasteiger partial charge in [-0.1, -0.05) is 30.2 Å². The molecule has 10 heteroatoms. The highest BCUT2D eigenvalue weighted by Gasteiger charge is 2.31. The number of nitrogens with one attached hydrogen (secondary N) is 1. The number of hydrogen-bond acceptors (Lipinski definition) is 5. The van der Waals surface area contributed by atoms with Crippen LogP contribution in [0.3, 0.4) is 0 Å². The molecule has 0 atom stereocenters. The van der Waals surface area contributed by atoms with Gasteiger partial charge in [-0.25, -0.2) is 8.42 Å². The van der Waals surface area contributed by atoms with Crippen LogP contribution in [0.25, 0.3) is 0 Å². The van der Waals surface area contributed by atoms with Gasteiger partial charge in [0.25, 0.3) is 10.0 Å². The highest BCUT2D eigenvalue weighted by atomic mass is 35.5. The lowest BCUT2D eigenvalue weighted by Gasteiger charge is -2.26. The molecule has 0 aliphatic carbocycles. The van der Waals surface area contributed by atoms with Gasteiger partial charge in [0.2, 0.25) is 10.0 Å². The second-order valence-corrected chi connectivity index (χ2v) is 10.6. The number of nitrogens with zero attached hydrogens (tertiary/aromatic N) is 2. The summed E-state index contributed by atoms with van der Waals surface area (Å²) in [5.74, 6) is 0.102. The van der Waals surface area contributed by atoms with E-state index < -0.39 is 20.0 Å². The lowest BCUT2D eigenvalue weighted by atomic mass is 10.2. The minimum Gasteiger partial charge on any atom is -0.338 e. The summed E-state index contributed by atoms with van der Waals surface area (Å²) >= 11 is 6.15. The molecule has 148 valence electrons. The number of halogens is 1. The summed E-state index contributed by atoms with van der Waals surface area (Å²) in [6.45, 7) is 0.887. The van der Waals surface area contributed by atoms with Crippen molar-refractivity contribution >= 4 is 43.2 Å². The van der Waals surface area contributed by atoms with Crippen LogP contribution in [0.2, 0.25) is 5.02 Å². The smallest absolute Gasteiger partial charge is 0.286 e. The van der Waals surface area contributed by atoms with E-state index in [1.165, 1.54) is 22.5 Å². The van der Waals surface area contributed by atoms with Crippen molar-refractivity contribution in [2.45, 2.75) is 29.1 Å². The first-order valence-corrected chi connectivity index (χ1v) is 12.1. The number of benzene rings is 2. The first kappa shape index (κ1) is 19.4. The molecule has 4 rings (SSSR count). The summed E-state index contributed by atoms with van der Waals surface area (Å²) in [6.07, 6.45) is 2.60. The number of piperidine rings is 1. The maximum Gasteiger partial charge on any atom is 0.286 e. The molecule has 7 nitrogen and oxygen atoms in total. The average Bonchev–Trinajstić information content (AvgIpc) is 2.68. The molecule has 2 aliphatic rings. The second kappa shape index (κ2) is 7.14. The maximum atomic E-state index is 12.9. The fourth-order valence-electron chi connectivity index (χ4n) is 3.32. The highest BCUT2D eigenvalue weighted by molar-refractivity contribution is 7.91. The molecular formula is C18H18ClN3O4S2. The molecule has 0 unspecified atom stereocenters. The van der Waals surface area contributed by atoms with E-state index in [1.807, 2.05) is 0 Å². The van der Waals surface area contributed by atoms with E-state index in [9.17, 15) is 16.8 Å². The number of sulfonamides is 2. The van der Waals surface area contributed by atoms with Crippen molar-refractivity contribution in [3.05, 3.63) is 53.1 Å². The van der Waals surface area contributed by atoms with Crippen molar-refractivity contribution in [3.8, 4) is 0 Å². The zero-order chi connectivity index (χ0) is 19.9. The Kier molecular flexibility index (Phi) is 4.95. The predicted octanol–water partition coefficient (Wildman–Crippen LogP) is 3.08. The fraction of sp³-hybridized carbons (Fsp3) is 0.278. The van der Waals surface area contributed by atoms with Gasteiger partial charge in [-0.3, -0.25) is 0 Å². The third-order valence-electron chi connectivity index (χ3n) is 4.78. The van der Waals surface area contributed by atoms with Gasteiger partial charge in [0.05, 0.1) is 15.6 Å². The molecule has 1 fully saturated rings. The third-order valence-corrected chi connectivity index (χ3v) is 8.32. The standard InChI is InChI=1S/C18H18ClN3O4S2/c19-15-7-3-2-6-14(15)18-20-16-9-8-13(12-17(16)27(23,24)21-18)28(25,26)22-10-4-1-5-11-22/h2-3,6-9,12H,1,4-5,10-11H2,(H,20,21). The molecule has 1 N–H and O–H groups in total. The second-order valence-electron chi connectivity index (χ2n) is 6.64. The molecule has 0 amide bonds. The zero-order valence-corrected chi connectivity index (χ0v) is 17.2. The molecule has 28 heavy (non-hydrogen) atoms. The lowest BCUT2D eigenvalue weighted by molar-refractivity contribution is 0.346. The lowest BCUT2D eigenvalue weighted by Crippen LogP contribution is -2.35. The minimum absolute atomic E-state index is 0.0464. The molecule has 0 radical (unpaired) electrons. The number of fused-ring (bicyclic) bond motifs is 1. The molecule has 0 bridgehead atoms. The van der Waals surface area contributed by atoms with Gasteiger partial charge in [-0.15, -0.1) is 4.40 Å². The summed E-state index contributed by atoms with van der Waals surface area (Å²) in [5, 5.41) is 3.30. The van der Waals surface area contributed by atoms with Crippen LogP contribution in [0.15, 0.2) is 56.7 Å². The van der Waals surface area contributed by atoms with Crippen molar-refractivity contribution < 1.29 is 16.8 Å². The van der Waals surface area contributed by atoms with Gasteiger partial charge in [0, 0.05) is 18.7 Å². The average molecular weight is 440 g/mol. The molecule has 0 aromatic heterocycles. The summed E-state index contributed by atoms with van der Waals surface area (Å²) in [4.78, 5) is -0.212. The molecule has 0 saturated carbocycles. The fourth-order valence-corrected chi connectivity index (χ4v) is 6.32. The van der Waals surface area contributed by atoms with E-state index in [2.05, 4.69) is 9.71 Å². The van der Waals surface area contributed by atoms with Crippen molar-refractivity contribution in [3.63, 3.8) is 0 Å². The Hall–Kier alpha value is -1.94. The van der Waals surface area contributed by atoms with Crippen molar-refractivity contribution in [1.82, 2.24) is 4.31 Å². The molecule has 0 spiro atoms. The SMILES string of the molecule is O=S1(=O)N=C(c2ccccc2Cl)Nc2ccc(S(=O)(=O)N3CCCCC3)cc21.